The Bertz CT molecular complexity index is 515. The lowest BCUT2D eigenvalue weighted by Crippen LogP contribution is -2.03. The summed E-state index contributed by atoms with van der Waals surface area (Å²) < 4.78 is 0. The van der Waals surface area contributed by atoms with Crippen LogP contribution in [0.4, 0.5) is 0 Å². The van der Waals surface area contributed by atoms with E-state index in [4.69, 9.17) is 0 Å². The molecular weight excluding hydrogens is 208 g/mol. The fourth-order valence-corrected chi connectivity index (χ4v) is 2.09. The molecule has 17 heavy (non-hydrogen) atoms. The van der Waals surface area contributed by atoms with Crippen molar-refractivity contribution in [2.45, 2.75) is 26.9 Å². The van der Waals surface area contributed by atoms with Crippen molar-refractivity contribution in [3.8, 4) is 0 Å². The fraction of sp³-hybridized carbons (Fsp3) is 0.250. The second kappa shape index (κ2) is 4.72. The van der Waals surface area contributed by atoms with Gasteiger partial charge in [-0.2, -0.15) is 0 Å². The van der Waals surface area contributed by atoms with Crippen LogP contribution in [0.3, 0.4) is 0 Å². The first kappa shape index (κ1) is 11.9. The highest BCUT2D eigenvalue weighted by Gasteiger charge is 2.13. The highest BCUT2D eigenvalue weighted by molar-refractivity contribution is 5.41. The van der Waals surface area contributed by atoms with Crippen LogP contribution < -0.4 is 0 Å². The Morgan fingerprint density at radius 3 is 2.06 bits per heavy atom. The second-order valence-corrected chi connectivity index (χ2v) is 4.61. The zero-order valence-corrected chi connectivity index (χ0v) is 10.6. The fourth-order valence-electron chi connectivity index (χ4n) is 2.09. The Morgan fingerprint density at radius 2 is 1.41 bits per heavy atom. The van der Waals surface area contributed by atoms with Crippen molar-refractivity contribution >= 4 is 0 Å². The summed E-state index contributed by atoms with van der Waals surface area (Å²) in [5.41, 5.74) is 5.58. The predicted octanol–water partition coefficient (Wildman–Crippen LogP) is 3.69. The summed E-state index contributed by atoms with van der Waals surface area (Å²) in [5.74, 6) is 0. The molecule has 0 aromatic heterocycles. The van der Waals surface area contributed by atoms with E-state index in [1.165, 1.54) is 11.1 Å². The van der Waals surface area contributed by atoms with Gasteiger partial charge in [-0.25, -0.2) is 0 Å². The van der Waals surface area contributed by atoms with E-state index in [1.807, 2.05) is 37.3 Å². The molecule has 2 rings (SSSR count). The molecule has 0 saturated carbocycles. The van der Waals surface area contributed by atoms with Gasteiger partial charge in [-0.15, -0.1) is 0 Å². The molecule has 0 heterocycles. The van der Waals surface area contributed by atoms with Crippen molar-refractivity contribution in [2.75, 3.05) is 0 Å². The lowest BCUT2D eigenvalue weighted by atomic mass is 9.94. The van der Waals surface area contributed by atoms with E-state index in [0.29, 0.717) is 0 Å². The minimum absolute atomic E-state index is 0.532. The molecule has 2 aromatic rings. The van der Waals surface area contributed by atoms with Crippen molar-refractivity contribution in [1.82, 2.24) is 0 Å². The first-order valence-electron chi connectivity index (χ1n) is 5.90. The van der Waals surface area contributed by atoms with Crippen LogP contribution in [-0.2, 0) is 0 Å². The Hall–Kier alpha value is -1.60. The number of hydrogen-bond acceptors (Lipinski definition) is 1. The van der Waals surface area contributed by atoms with E-state index in [0.717, 1.165) is 16.7 Å². The van der Waals surface area contributed by atoms with Gasteiger partial charge in [-0.3, -0.25) is 0 Å². The maximum absolute atomic E-state index is 10.4. The minimum Gasteiger partial charge on any atom is -0.384 e. The lowest BCUT2D eigenvalue weighted by molar-refractivity contribution is 0.219. The molecule has 2 aromatic carbocycles. The zero-order valence-electron chi connectivity index (χ0n) is 10.6. The number of rotatable bonds is 2. The first-order chi connectivity index (χ1) is 8.09. The molecule has 0 aliphatic rings. The molecule has 0 bridgehead atoms. The molecule has 88 valence electrons. The van der Waals surface area contributed by atoms with Crippen molar-refractivity contribution < 1.29 is 5.11 Å². The number of aliphatic hydroxyl groups is 1. The van der Waals surface area contributed by atoms with E-state index in [9.17, 15) is 5.11 Å². The lowest BCUT2D eigenvalue weighted by Gasteiger charge is -2.16. The minimum atomic E-state index is -0.532. The summed E-state index contributed by atoms with van der Waals surface area (Å²) in [6.45, 7) is 6.23. The van der Waals surface area contributed by atoms with Crippen LogP contribution in [0.25, 0.3) is 0 Å². The Balaban J connectivity index is 2.44. The Morgan fingerprint density at radius 1 is 0.824 bits per heavy atom. The third-order valence-corrected chi connectivity index (χ3v) is 3.29. The van der Waals surface area contributed by atoms with E-state index in [2.05, 4.69) is 26.0 Å². The van der Waals surface area contributed by atoms with Crippen LogP contribution in [0.1, 0.15) is 33.9 Å². The molecule has 0 radical (unpaired) electrons. The number of aliphatic hydroxyl groups excluding tert-OH is 1. The largest absolute Gasteiger partial charge is 0.384 e. The molecular formula is C16H18O. The van der Waals surface area contributed by atoms with Crippen molar-refractivity contribution in [2.24, 2.45) is 0 Å². The average Bonchev–Trinajstić information content (AvgIpc) is 2.34. The maximum Gasteiger partial charge on any atom is 0.104 e. The topological polar surface area (TPSA) is 20.2 Å². The van der Waals surface area contributed by atoms with Gasteiger partial charge in [0.25, 0.3) is 0 Å². The van der Waals surface area contributed by atoms with Crippen LogP contribution in [0, 0.1) is 20.8 Å². The molecule has 0 fully saturated rings. The Labute approximate surface area is 103 Å². The van der Waals surface area contributed by atoms with Crippen LogP contribution in [0.2, 0.25) is 0 Å². The van der Waals surface area contributed by atoms with Gasteiger partial charge in [0, 0.05) is 0 Å². The van der Waals surface area contributed by atoms with Crippen molar-refractivity contribution in [1.29, 1.82) is 0 Å². The van der Waals surface area contributed by atoms with Crippen molar-refractivity contribution in [3.63, 3.8) is 0 Å². The van der Waals surface area contributed by atoms with Gasteiger partial charge < -0.3 is 5.11 Å². The zero-order chi connectivity index (χ0) is 12.4. The van der Waals surface area contributed by atoms with Crippen LogP contribution in [0.15, 0.2) is 42.5 Å². The first-order valence-corrected chi connectivity index (χ1v) is 5.90. The van der Waals surface area contributed by atoms with E-state index >= 15 is 0 Å². The second-order valence-electron chi connectivity index (χ2n) is 4.61. The molecule has 1 heteroatoms. The average molecular weight is 226 g/mol. The maximum atomic E-state index is 10.4. The van der Waals surface area contributed by atoms with Gasteiger partial charge in [-0.05, 0) is 48.6 Å². The summed E-state index contributed by atoms with van der Waals surface area (Å²) in [7, 11) is 0. The van der Waals surface area contributed by atoms with Crippen LogP contribution in [-0.4, -0.2) is 5.11 Å². The number of aryl methyl sites for hydroxylation is 3. The molecule has 0 amide bonds. The van der Waals surface area contributed by atoms with E-state index in [-0.39, 0.29) is 0 Å². The van der Waals surface area contributed by atoms with Gasteiger partial charge in [-0.1, -0.05) is 42.5 Å². The van der Waals surface area contributed by atoms with E-state index in [1.54, 1.807) is 0 Å². The summed E-state index contributed by atoms with van der Waals surface area (Å²) in [4.78, 5) is 0. The van der Waals surface area contributed by atoms with Crippen molar-refractivity contribution in [3.05, 3.63) is 70.3 Å². The van der Waals surface area contributed by atoms with Gasteiger partial charge in [0.2, 0.25) is 0 Å². The summed E-state index contributed by atoms with van der Waals surface area (Å²) in [6, 6.07) is 14.0. The number of benzene rings is 2. The smallest absolute Gasteiger partial charge is 0.104 e. The monoisotopic (exact) mass is 226 g/mol. The van der Waals surface area contributed by atoms with E-state index < -0.39 is 6.10 Å². The molecule has 1 nitrogen and oxygen atoms in total. The summed E-state index contributed by atoms with van der Waals surface area (Å²) in [6.07, 6.45) is -0.532. The van der Waals surface area contributed by atoms with Gasteiger partial charge in [0.1, 0.15) is 6.10 Å². The van der Waals surface area contributed by atoms with Crippen LogP contribution in [0.5, 0.6) is 0 Å². The SMILES string of the molecule is Cc1cc(C)c(C(O)c2ccccc2)cc1C. The number of hydrogen-bond donors (Lipinski definition) is 1. The standard InChI is InChI=1S/C16H18O/c1-11-9-13(3)15(10-12(11)2)16(17)14-7-5-4-6-8-14/h4-10,16-17H,1-3H3. The third kappa shape index (κ3) is 2.40. The Kier molecular flexibility index (Phi) is 3.30. The predicted molar refractivity (Wildman–Crippen MR) is 71.2 cm³/mol. The normalized spacial score (nSPS) is 12.5. The van der Waals surface area contributed by atoms with Crippen LogP contribution >= 0.6 is 0 Å². The van der Waals surface area contributed by atoms with Gasteiger partial charge >= 0.3 is 0 Å². The third-order valence-electron chi connectivity index (χ3n) is 3.29. The quantitative estimate of drug-likeness (QED) is 0.828. The molecule has 1 unspecified atom stereocenters. The highest BCUT2D eigenvalue weighted by atomic mass is 16.3. The van der Waals surface area contributed by atoms with Gasteiger partial charge in [0.15, 0.2) is 0 Å². The molecule has 0 spiro atoms. The highest BCUT2D eigenvalue weighted by Crippen LogP contribution is 2.26. The van der Waals surface area contributed by atoms with Gasteiger partial charge in [0.05, 0.1) is 0 Å². The molecule has 0 aliphatic carbocycles. The molecule has 1 atom stereocenters. The molecule has 0 saturated heterocycles. The summed E-state index contributed by atoms with van der Waals surface area (Å²) in [5, 5.41) is 10.4. The molecule has 1 N–H and O–H groups in total. The molecule has 0 aliphatic heterocycles. The summed E-state index contributed by atoms with van der Waals surface area (Å²) >= 11 is 0.